The monoisotopic (exact) mass is 227 g/mol. The number of hydrogen-bond donors (Lipinski definition) is 1. The first-order valence-corrected chi connectivity index (χ1v) is 5.82. The van der Waals surface area contributed by atoms with E-state index in [1.165, 1.54) is 11.8 Å². The highest BCUT2D eigenvalue weighted by Crippen LogP contribution is 2.25. The first-order valence-electron chi connectivity index (χ1n) is 4.94. The Morgan fingerprint density at radius 1 is 1.53 bits per heavy atom. The van der Waals surface area contributed by atoms with Crippen LogP contribution in [-0.2, 0) is 11.8 Å². The third kappa shape index (κ3) is 2.47. The van der Waals surface area contributed by atoms with Gasteiger partial charge in [-0.3, -0.25) is 4.79 Å². The first kappa shape index (κ1) is 10.4. The summed E-state index contributed by atoms with van der Waals surface area (Å²) in [5.41, 5.74) is 0. The molecule has 0 saturated carbocycles. The van der Waals surface area contributed by atoms with Gasteiger partial charge in [0.25, 0.3) is 0 Å². The summed E-state index contributed by atoms with van der Waals surface area (Å²) < 4.78 is 1.59. The molecular weight excluding hydrogens is 214 g/mol. The summed E-state index contributed by atoms with van der Waals surface area (Å²) in [5, 5.41) is 14.7. The number of thioether (sulfide) groups is 1. The zero-order valence-corrected chi connectivity index (χ0v) is 9.33. The molecule has 1 N–H and O–H groups in total. The molecule has 0 aromatic carbocycles. The van der Waals surface area contributed by atoms with E-state index in [-0.39, 0.29) is 11.2 Å². The van der Waals surface area contributed by atoms with Crippen LogP contribution in [-0.4, -0.2) is 37.9 Å². The lowest BCUT2D eigenvalue weighted by molar-refractivity contribution is -0.120. The van der Waals surface area contributed by atoms with Crippen molar-refractivity contribution in [3.05, 3.63) is 0 Å². The molecule has 7 heteroatoms. The molecule has 1 aromatic rings. The number of nitrogens with zero attached hydrogens (tertiary/aromatic N) is 4. The number of rotatable bonds is 2. The Hall–Kier alpha value is -1.11. The van der Waals surface area contributed by atoms with Crippen molar-refractivity contribution in [2.75, 3.05) is 6.54 Å². The van der Waals surface area contributed by atoms with Gasteiger partial charge < -0.3 is 5.32 Å². The van der Waals surface area contributed by atoms with Crippen LogP contribution in [0.1, 0.15) is 19.3 Å². The molecule has 1 amide bonds. The van der Waals surface area contributed by atoms with Gasteiger partial charge in [-0.05, 0) is 23.3 Å². The fraction of sp³-hybridized carbons (Fsp3) is 0.750. The van der Waals surface area contributed by atoms with E-state index in [0.29, 0.717) is 5.16 Å². The van der Waals surface area contributed by atoms with E-state index in [2.05, 4.69) is 20.8 Å². The molecule has 0 spiro atoms. The number of aromatic nitrogens is 4. The molecule has 0 aliphatic carbocycles. The number of aryl methyl sites for hydroxylation is 1. The zero-order chi connectivity index (χ0) is 10.7. The van der Waals surface area contributed by atoms with Crippen LogP contribution in [0.3, 0.4) is 0 Å². The van der Waals surface area contributed by atoms with E-state index in [1.807, 2.05) is 0 Å². The maximum absolute atomic E-state index is 11.6. The molecule has 2 rings (SSSR count). The number of nitrogens with one attached hydrogen (secondary N) is 1. The Kier molecular flexibility index (Phi) is 3.20. The molecule has 6 nitrogen and oxygen atoms in total. The second-order valence-corrected chi connectivity index (χ2v) is 4.65. The SMILES string of the molecule is Cn1nnnc1S[C@@H]1CCCCNC1=O. The smallest absolute Gasteiger partial charge is 0.233 e. The molecule has 1 saturated heterocycles. The third-order valence-electron chi connectivity index (χ3n) is 2.31. The van der Waals surface area contributed by atoms with Gasteiger partial charge >= 0.3 is 0 Å². The van der Waals surface area contributed by atoms with Gasteiger partial charge in [-0.2, -0.15) is 0 Å². The maximum atomic E-state index is 11.6. The van der Waals surface area contributed by atoms with Crippen molar-refractivity contribution in [2.24, 2.45) is 7.05 Å². The molecule has 0 radical (unpaired) electrons. The Labute approximate surface area is 91.8 Å². The molecule has 2 heterocycles. The van der Waals surface area contributed by atoms with Crippen LogP contribution in [0.2, 0.25) is 0 Å². The van der Waals surface area contributed by atoms with E-state index in [4.69, 9.17) is 0 Å². The second-order valence-electron chi connectivity index (χ2n) is 3.48. The number of carbonyl (C=O) groups is 1. The van der Waals surface area contributed by atoms with Crippen molar-refractivity contribution in [3.63, 3.8) is 0 Å². The zero-order valence-electron chi connectivity index (χ0n) is 8.51. The van der Waals surface area contributed by atoms with Gasteiger partial charge in [0.1, 0.15) is 0 Å². The summed E-state index contributed by atoms with van der Waals surface area (Å²) in [4.78, 5) is 11.6. The summed E-state index contributed by atoms with van der Waals surface area (Å²) in [6.07, 6.45) is 3.02. The maximum Gasteiger partial charge on any atom is 0.233 e. The van der Waals surface area contributed by atoms with E-state index in [0.717, 1.165) is 25.8 Å². The fourth-order valence-corrected chi connectivity index (χ4v) is 2.47. The lowest BCUT2D eigenvalue weighted by atomic mass is 10.2. The number of amides is 1. The molecule has 0 unspecified atom stereocenters. The highest BCUT2D eigenvalue weighted by Gasteiger charge is 2.23. The van der Waals surface area contributed by atoms with Crippen LogP contribution in [0.15, 0.2) is 5.16 Å². The Balaban J connectivity index is 2.03. The van der Waals surface area contributed by atoms with Crippen LogP contribution >= 0.6 is 11.8 Å². The van der Waals surface area contributed by atoms with Crippen molar-refractivity contribution in [2.45, 2.75) is 29.7 Å². The summed E-state index contributed by atoms with van der Waals surface area (Å²) in [5.74, 6) is 0.0977. The van der Waals surface area contributed by atoms with Crippen LogP contribution in [0.25, 0.3) is 0 Å². The van der Waals surface area contributed by atoms with Gasteiger partial charge in [0.2, 0.25) is 11.1 Å². The molecule has 0 bridgehead atoms. The molecule has 15 heavy (non-hydrogen) atoms. The quantitative estimate of drug-likeness (QED) is 0.768. The van der Waals surface area contributed by atoms with Gasteiger partial charge in [0.15, 0.2) is 0 Å². The van der Waals surface area contributed by atoms with Gasteiger partial charge in [-0.1, -0.05) is 18.2 Å². The Morgan fingerprint density at radius 2 is 2.40 bits per heavy atom. The predicted molar refractivity (Wildman–Crippen MR) is 55.3 cm³/mol. The summed E-state index contributed by atoms with van der Waals surface area (Å²) in [7, 11) is 1.77. The van der Waals surface area contributed by atoms with Crippen molar-refractivity contribution in [3.8, 4) is 0 Å². The minimum absolute atomic E-state index is 0.0581. The molecule has 1 atom stereocenters. The third-order valence-corrected chi connectivity index (χ3v) is 3.60. The van der Waals surface area contributed by atoms with Crippen LogP contribution in [0, 0.1) is 0 Å². The van der Waals surface area contributed by atoms with Gasteiger partial charge in [-0.25, -0.2) is 4.68 Å². The minimum Gasteiger partial charge on any atom is -0.355 e. The standard InChI is InChI=1S/C8H13N5OS/c1-13-8(10-11-12-13)15-6-4-2-3-5-9-7(6)14/h6H,2-5H2,1H3,(H,9,14)/t6-/m1/s1. The molecule has 1 fully saturated rings. The molecule has 1 aliphatic rings. The lowest BCUT2D eigenvalue weighted by Crippen LogP contribution is -2.30. The van der Waals surface area contributed by atoms with E-state index >= 15 is 0 Å². The van der Waals surface area contributed by atoms with E-state index < -0.39 is 0 Å². The van der Waals surface area contributed by atoms with E-state index in [9.17, 15) is 4.79 Å². The second kappa shape index (κ2) is 4.61. The highest BCUT2D eigenvalue weighted by atomic mass is 32.2. The van der Waals surface area contributed by atoms with Crippen molar-refractivity contribution in [1.82, 2.24) is 25.5 Å². The van der Waals surface area contributed by atoms with Crippen molar-refractivity contribution in [1.29, 1.82) is 0 Å². The van der Waals surface area contributed by atoms with E-state index in [1.54, 1.807) is 11.7 Å². The lowest BCUT2D eigenvalue weighted by Gasteiger charge is -2.10. The van der Waals surface area contributed by atoms with Crippen molar-refractivity contribution >= 4 is 17.7 Å². The van der Waals surface area contributed by atoms with Gasteiger partial charge in [0.05, 0.1) is 5.25 Å². The molecular formula is C8H13N5OS. The highest BCUT2D eigenvalue weighted by molar-refractivity contribution is 8.00. The van der Waals surface area contributed by atoms with Crippen molar-refractivity contribution < 1.29 is 4.79 Å². The number of tetrazole rings is 1. The Morgan fingerprint density at radius 3 is 3.13 bits per heavy atom. The fourth-order valence-electron chi connectivity index (χ4n) is 1.47. The topological polar surface area (TPSA) is 72.7 Å². The molecule has 1 aliphatic heterocycles. The van der Waals surface area contributed by atoms with Crippen LogP contribution in [0.5, 0.6) is 0 Å². The van der Waals surface area contributed by atoms with Gasteiger partial charge in [0, 0.05) is 13.6 Å². The van der Waals surface area contributed by atoms with Crippen LogP contribution < -0.4 is 5.32 Å². The summed E-state index contributed by atoms with van der Waals surface area (Å²) >= 11 is 1.43. The number of hydrogen-bond acceptors (Lipinski definition) is 5. The van der Waals surface area contributed by atoms with Gasteiger partial charge in [-0.15, -0.1) is 5.10 Å². The predicted octanol–water partition coefficient (Wildman–Crippen LogP) is -0.0291. The average Bonchev–Trinajstić information content (AvgIpc) is 2.50. The summed E-state index contributed by atoms with van der Waals surface area (Å²) in [6.45, 7) is 0.785. The van der Waals surface area contributed by atoms with Crippen LogP contribution in [0.4, 0.5) is 0 Å². The largest absolute Gasteiger partial charge is 0.355 e. The Bertz CT molecular complexity index is 353. The number of carbonyl (C=O) groups excluding carboxylic acids is 1. The normalized spacial score (nSPS) is 22.2. The molecule has 1 aromatic heterocycles. The average molecular weight is 227 g/mol. The first-order chi connectivity index (χ1) is 7.27. The minimum atomic E-state index is -0.0581. The molecule has 82 valence electrons. The summed E-state index contributed by atoms with van der Waals surface area (Å²) in [6, 6.07) is 0.